The largest absolute Gasteiger partial charge is 0.356 e. The van der Waals surface area contributed by atoms with Gasteiger partial charge in [-0.2, -0.15) is 5.10 Å². The Morgan fingerprint density at radius 1 is 1.04 bits per heavy atom. The second-order valence-electron chi connectivity index (χ2n) is 7.55. The lowest BCUT2D eigenvalue weighted by Crippen LogP contribution is -2.49. The van der Waals surface area contributed by atoms with Gasteiger partial charge >= 0.3 is 0 Å². The molecule has 1 fully saturated rings. The number of fused-ring (bicyclic) bond motifs is 2. The zero-order valence-corrected chi connectivity index (χ0v) is 15.8. The minimum Gasteiger partial charge on any atom is -0.356 e. The van der Waals surface area contributed by atoms with Crippen LogP contribution in [0.1, 0.15) is 29.8 Å². The first-order valence-electron chi connectivity index (χ1n) is 9.99. The Bertz CT molecular complexity index is 1010. The van der Waals surface area contributed by atoms with Crippen molar-refractivity contribution in [3.63, 3.8) is 0 Å². The van der Waals surface area contributed by atoms with Crippen molar-refractivity contribution < 1.29 is 9.32 Å². The molecule has 28 heavy (non-hydrogen) atoms. The van der Waals surface area contributed by atoms with Gasteiger partial charge in [-0.1, -0.05) is 17.3 Å². The fraction of sp³-hybridized carbons (Fsp3) is 0.429. The van der Waals surface area contributed by atoms with Gasteiger partial charge in [0.1, 0.15) is 5.69 Å². The average molecular weight is 377 g/mol. The van der Waals surface area contributed by atoms with Gasteiger partial charge in [-0.15, -0.1) is 5.10 Å². The van der Waals surface area contributed by atoms with E-state index in [1.807, 2.05) is 29.2 Å². The Hall–Kier alpha value is -2.96. The zero-order chi connectivity index (χ0) is 18.9. The molecule has 7 heteroatoms. The first-order valence-corrected chi connectivity index (χ1v) is 9.99. The highest BCUT2D eigenvalue weighted by atomic mass is 16.5. The Morgan fingerprint density at radius 2 is 1.86 bits per heavy atom. The summed E-state index contributed by atoms with van der Waals surface area (Å²) < 4.78 is 5.31. The van der Waals surface area contributed by atoms with Gasteiger partial charge in [-0.25, -0.2) is 0 Å². The van der Waals surface area contributed by atoms with Crippen molar-refractivity contribution in [1.29, 1.82) is 0 Å². The lowest BCUT2D eigenvalue weighted by Gasteiger charge is -2.35. The van der Waals surface area contributed by atoms with Crippen molar-refractivity contribution in [2.75, 3.05) is 31.1 Å². The Morgan fingerprint density at radius 3 is 2.75 bits per heavy atom. The predicted molar refractivity (Wildman–Crippen MR) is 105 cm³/mol. The molecule has 5 rings (SSSR count). The first kappa shape index (κ1) is 17.2. The molecule has 7 nitrogen and oxygen atoms in total. The minimum atomic E-state index is 0.0928. The average Bonchev–Trinajstić information content (AvgIpc) is 3.16. The molecular weight excluding hydrogens is 354 g/mol. The third-order valence-electron chi connectivity index (χ3n) is 5.78. The maximum absolute atomic E-state index is 12.7. The molecule has 0 spiro atoms. The summed E-state index contributed by atoms with van der Waals surface area (Å²) in [5.74, 6) is 1.03. The van der Waals surface area contributed by atoms with Crippen LogP contribution in [0.3, 0.4) is 0 Å². The lowest BCUT2D eigenvalue weighted by atomic mass is 9.97. The van der Waals surface area contributed by atoms with Crippen molar-refractivity contribution >= 4 is 22.7 Å². The highest BCUT2D eigenvalue weighted by Gasteiger charge is 2.24. The quantitative estimate of drug-likeness (QED) is 0.698. The van der Waals surface area contributed by atoms with Crippen LogP contribution in [0.4, 0.5) is 5.82 Å². The van der Waals surface area contributed by atoms with E-state index in [-0.39, 0.29) is 12.3 Å². The molecule has 1 aliphatic heterocycles. The highest BCUT2D eigenvalue weighted by molar-refractivity contribution is 5.86. The van der Waals surface area contributed by atoms with E-state index in [0.717, 1.165) is 48.4 Å². The van der Waals surface area contributed by atoms with Crippen LogP contribution >= 0.6 is 0 Å². The number of anilines is 1. The van der Waals surface area contributed by atoms with Crippen LogP contribution in [-0.2, 0) is 24.1 Å². The number of carbonyl (C=O) groups excluding carboxylic acids is 1. The minimum absolute atomic E-state index is 0.0928. The van der Waals surface area contributed by atoms with Crippen LogP contribution in [0.15, 0.2) is 34.9 Å². The van der Waals surface area contributed by atoms with E-state index in [1.54, 1.807) is 0 Å². The standard InChI is InChI=1S/C21H23N5O2/c27-21(14-18-16-6-2-4-8-19(16)28-24-18)26-11-9-25(10-12-26)20-13-15-5-1-3-7-17(15)22-23-20/h2,4,6,8,13H,1,3,5,7,9-12,14H2. The number of aryl methyl sites for hydroxylation is 2. The van der Waals surface area contributed by atoms with Gasteiger partial charge in [0.25, 0.3) is 0 Å². The van der Waals surface area contributed by atoms with Crippen molar-refractivity contribution in [3.8, 4) is 0 Å². The molecule has 1 aliphatic carbocycles. The summed E-state index contributed by atoms with van der Waals surface area (Å²) in [6.45, 7) is 2.93. The fourth-order valence-electron chi connectivity index (χ4n) is 4.14. The molecule has 0 radical (unpaired) electrons. The molecule has 1 amide bonds. The molecule has 1 aromatic carbocycles. The highest BCUT2D eigenvalue weighted by Crippen LogP contribution is 2.23. The predicted octanol–water partition coefficient (Wildman–Crippen LogP) is 2.39. The summed E-state index contributed by atoms with van der Waals surface area (Å²) in [4.78, 5) is 16.9. The van der Waals surface area contributed by atoms with E-state index in [9.17, 15) is 4.79 Å². The van der Waals surface area contributed by atoms with E-state index in [2.05, 4.69) is 26.3 Å². The summed E-state index contributed by atoms with van der Waals surface area (Å²) in [6, 6.07) is 9.85. The number of piperazine rings is 1. The molecule has 2 aliphatic rings. The smallest absolute Gasteiger partial charge is 0.228 e. The fourth-order valence-corrected chi connectivity index (χ4v) is 4.14. The van der Waals surface area contributed by atoms with Crippen LogP contribution in [0.2, 0.25) is 0 Å². The molecule has 0 saturated carbocycles. The second-order valence-corrected chi connectivity index (χ2v) is 7.55. The molecule has 0 unspecified atom stereocenters. The van der Waals surface area contributed by atoms with Gasteiger partial charge in [-0.05, 0) is 49.4 Å². The summed E-state index contributed by atoms with van der Waals surface area (Å²) in [5, 5.41) is 13.9. The molecule has 144 valence electrons. The number of rotatable bonds is 3. The van der Waals surface area contributed by atoms with Crippen molar-refractivity contribution in [1.82, 2.24) is 20.3 Å². The topological polar surface area (TPSA) is 75.4 Å². The molecule has 0 N–H and O–H groups in total. The van der Waals surface area contributed by atoms with Crippen LogP contribution in [0.5, 0.6) is 0 Å². The van der Waals surface area contributed by atoms with E-state index in [1.165, 1.54) is 18.4 Å². The number of hydrogen-bond donors (Lipinski definition) is 0. The summed E-state index contributed by atoms with van der Waals surface area (Å²) in [5.41, 5.74) is 3.93. The third kappa shape index (κ3) is 3.21. The van der Waals surface area contributed by atoms with Gasteiger partial charge < -0.3 is 14.3 Å². The molecule has 0 bridgehead atoms. The SMILES string of the molecule is O=C(Cc1noc2ccccc12)N1CCN(c2cc3c(nn2)CCCC3)CC1. The maximum atomic E-state index is 12.7. The summed E-state index contributed by atoms with van der Waals surface area (Å²) in [7, 11) is 0. The molecule has 1 saturated heterocycles. The number of nitrogens with zero attached hydrogens (tertiary/aromatic N) is 5. The first-order chi connectivity index (χ1) is 13.8. The van der Waals surface area contributed by atoms with Gasteiger partial charge in [-0.3, -0.25) is 4.79 Å². The van der Waals surface area contributed by atoms with Crippen LogP contribution < -0.4 is 4.90 Å². The Labute approximate surface area is 163 Å². The zero-order valence-electron chi connectivity index (χ0n) is 15.8. The van der Waals surface area contributed by atoms with E-state index in [0.29, 0.717) is 18.8 Å². The second kappa shape index (κ2) is 7.22. The lowest BCUT2D eigenvalue weighted by molar-refractivity contribution is -0.130. The number of hydrogen-bond acceptors (Lipinski definition) is 6. The number of amides is 1. The van der Waals surface area contributed by atoms with Gasteiger partial charge in [0.2, 0.25) is 5.91 Å². The maximum Gasteiger partial charge on any atom is 0.228 e. The number of carbonyl (C=O) groups is 1. The monoisotopic (exact) mass is 377 g/mol. The Kier molecular flexibility index (Phi) is 4.43. The molecular formula is C21H23N5O2. The van der Waals surface area contributed by atoms with Gasteiger partial charge in [0, 0.05) is 31.6 Å². The van der Waals surface area contributed by atoms with Crippen LogP contribution in [0, 0.1) is 0 Å². The number of benzene rings is 1. The molecule has 2 aromatic heterocycles. The molecule has 3 aromatic rings. The summed E-state index contributed by atoms with van der Waals surface area (Å²) >= 11 is 0. The van der Waals surface area contributed by atoms with Crippen molar-refractivity contribution in [2.45, 2.75) is 32.1 Å². The summed E-state index contributed by atoms with van der Waals surface area (Å²) in [6.07, 6.45) is 4.86. The molecule has 0 atom stereocenters. The van der Waals surface area contributed by atoms with E-state index >= 15 is 0 Å². The number of para-hydroxylation sites is 1. The van der Waals surface area contributed by atoms with E-state index < -0.39 is 0 Å². The number of aromatic nitrogens is 3. The Balaban J connectivity index is 1.22. The third-order valence-corrected chi connectivity index (χ3v) is 5.78. The van der Waals surface area contributed by atoms with Gasteiger partial charge in [0.05, 0.1) is 12.1 Å². The van der Waals surface area contributed by atoms with Gasteiger partial charge in [0.15, 0.2) is 11.4 Å². The van der Waals surface area contributed by atoms with Crippen LogP contribution in [-0.4, -0.2) is 52.3 Å². The normalized spacial score (nSPS) is 17.0. The van der Waals surface area contributed by atoms with Crippen molar-refractivity contribution in [2.24, 2.45) is 0 Å². The van der Waals surface area contributed by atoms with E-state index in [4.69, 9.17) is 4.52 Å². The molecule has 3 heterocycles. The van der Waals surface area contributed by atoms with Crippen LogP contribution in [0.25, 0.3) is 11.0 Å². The van der Waals surface area contributed by atoms with Crippen molar-refractivity contribution in [3.05, 3.63) is 47.3 Å².